The molecular weight excluding hydrogens is 332 g/mol. The largest absolute Gasteiger partial charge is 0.427 e. The van der Waals surface area contributed by atoms with Gasteiger partial charge in [0.15, 0.2) is 0 Å². The maximum absolute atomic E-state index is 11.9. The Morgan fingerprint density at radius 2 is 1.74 bits per heavy atom. The lowest BCUT2D eigenvalue weighted by Crippen LogP contribution is -2.13. The third kappa shape index (κ3) is 5.45. The second-order valence-electron chi connectivity index (χ2n) is 7.81. The molecule has 0 heterocycles. The molecule has 0 spiro atoms. The van der Waals surface area contributed by atoms with Crippen LogP contribution >= 0.6 is 0 Å². The molecule has 0 fully saturated rings. The van der Waals surface area contributed by atoms with E-state index in [9.17, 15) is 4.79 Å². The van der Waals surface area contributed by atoms with Gasteiger partial charge in [0, 0.05) is 6.42 Å². The van der Waals surface area contributed by atoms with Crippen LogP contribution in [0.4, 0.5) is 0 Å². The van der Waals surface area contributed by atoms with E-state index in [1.165, 1.54) is 60.8 Å². The van der Waals surface area contributed by atoms with Crippen LogP contribution in [-0.2, 0) is 17.6 Å². The second kappa shape index (κ2) is 9.73. The van der Waals surface area contributed by atoms with E-state index >= 15 is 0 Å². The topological polar surface area (TPSA) is 26.3 Å². The monoisotopic (exact) mass is 364 g/mol. The molecule has 1 atom stereocenters. The van der Waals surface area contributed by atoms with Gasteiger partial charge < -0.3 is 4.74 Å². The molecule has 2 nitrogen and oxygen atoms in total. The fraction of sp³-hybridized carbons (Fsp3) is 0.480. The Morgan fingerprint density at radius 1 is 0.963 bits per heavy atom. The number of benzene rings is 2. The number of rotatable bonds is 8. The highest BCUT2D eigenvalue weighted by molar-refractivity contribution is 5.73. The van der Waals surface area contributed by atoms with Crippen molar-refractivity contribution < 1.29 is 9.53 Å². The Morgan fingerprint density at radius 3 is 2.48 bits per heavy atom. The maximum Gasteiger partial charge on any atom is 0.311 e. The lowest BCUT2D eigenvalue weighted by atomic mass is 9.81. The van der Waals surface area contributed by atoms with Crippen LogP contribution < -0.4 is 4.74 Å². The lowest BCUT2D eigenvalue weighted by molar-refractivity contribution is -0.134. The normalized spacial score (nSPS) is 16.0. The van der Waals surface area contributed by atoms with E-state index in [1.54, 1.807) is 0 Å². The van der Waals surface area contributed by atoms with Crippen molar-refractivity contribution >= 4 is 5.97 Å². The van der Waals surface area contributed by atoms with Gasteiger partial charge in [0.25, 0.3) is 0 Å². The second-order valence-corrected chi connectivity index (χ2v) is 7.81. The van der Waals surface area contributed by atoms with Crippen molar-refractivity contribution in [3.63, 3.8) is 0 Å². The minimum Gasteiger partial charge on any atom is -0.427 e. The molecule has 0 N–H and O–H groups in total. The van der Waals surface area contributed by atoms with Gasteiger partial charge in [-0.1, -0.05) is 69.9 Å². The highest BCUT2D eigenvalue weighted by Gasteiger charge is 2.17. The Labute approximate surface area is 164 Å². The molecule has 1 unspecified atom stereocenters. The average Bonchev–Trinajstić information content (AvgIpc) is 2.71. The quantitative estimate of drug-likeness (QED) is 0.294. The molecule has 2 heteroatoms. The van der Waals surface area contributed by atoms with Crippen molar-refractivity contribution in [2.24, 2.45) is 5.92 Å². The zero-order chi connectivity index (χ0) is 19.1. The van der Waals surface area contributed by atoms with E-state index in [0.717, 1.165) is 18.8 Å². The number of carbonyl (C=O) groups is 1. The van der Waals surface area contributed by atoms with E-state index in [-0.39, 0.29) is 5.97 Å². The van der Waals surface area contributed by atoms with Gasteiger partial charge in [0.1, 0.15) is 5.75 Å². The van der Waals surface area contributed by atoms with Crippen molar-refractivity contribution in [3.05, 3.63) is 53.6 Å². The van der Waals surface area contributed by atoms with Gasteiger partial charge in [-0.25, -0.2) is 0 Å². The minimum atomic E-state index is -0.127. The summed E-state index contributed by atoms with van der Waals surface area (Å²) < 4.78 is 5.46. The molecule has 2 aromatic rings. The minimum absolute atomic E-state index is 0.127. The molecule has 3 rings (SSSR count). The van der Waals surface area contributed by atoms with Crippen LogP contribution in [0.2, 0.25) is 0 Å². The summed E-state index contributed by atoms with van der Waals surface area (Å²) in [4.78, 5) is 11.9. The van der Waals surface area contributed by atoms with Crippen molar-refractivity contribution in [2.45, 2.75) is 71.6 Å². The van der Waals surface area contributed by atoms with Gasteiger partial charge in [-0.15, -0.1) is 0 Å². The Balaban J connectivity index is 1.60. The molecular formula is C25H32O2. The van der Waals surface area contributed by atoms with E-state index < -0.39 is 0 Å². The predicted molar refractivity (Wildman–Crippen MR) is 112 cm³/mol. The molecule has 0 saturated carbocycles. The maximum atomic E-state index is 11.9. The van der Waals surface area contributed by atoms with Crippen molar-refractivity contribution in [3.8, 4) is 16.9 Å². The third-order valence-electron chi connectivity index (χ3n) is 5.77. The third-order valence-corrected chi connectivity index (χ3v) is 5.77. The summed E-state index contributed by atoms with van der Waals surface area (Å²) in [5.74, 6) is 1.36. The number of carbonyl (C=O) groups excluding carboxylic acids is 1. The fourth-order valence-corrected chi connectivity index (χ4v) is 3.95. The first-order chi connectivity index (χ1) is 13.2. The van der Waals surface area contributed by atoms with Gasteiger partial charge in [0.2, 0.25) is 0 Å². The van der Waals surface area contributed by atoms with Crippen LogP contribution in [-0.4, -0.2) is 5.97 Å². The lowest BCUT2D eigenvalue weighted by Gasteiger charge is -2.24. The summed E-state index contributed by atoms with van der Waals surface area (Å²) in [6, 6.07) is 14.8. The molecule has 0 aromatic heterocycles. The van der Waals surface area contributed by atoms with Gasteiger partial charge in [-0.3, -0.25) is 4.79 Å². The molecule has 144 valence electrons. The Hall–Kier alpha value is -2.09. The molecule has 1 aliphatic carbocycles. The molecule has 0 radical (unpaired) electrons. The molecule has 0 bridgehead atoms. The summed E-state index contributed by atoms with van der Waals surface area (Å²) in [6.45, 7) is 4.47. The highest BCUT2D eigenvalue weighted by Crippen LogP contribution is 2.31. The number of esters is 1. The number of fused-ring (bicyclic) bond motifs is 1. The van der Waals surface area contributed by atoms with E-state index in [4.69, 9.17) is 4.74 Å². The Bertz CT molecular complexity index is 745. The zero-order valence-corrected chi connectivity index (χ0v) is 16.8. The molecule has 0 aliphatic heterocycles. The number of unbranched alkanes of at least 4 members (excludes halogenated alkanes) is 3. The highest BCUT2D eigenvalue weighted by atomic mass is 16.5. The van der Waals surface area contributed by atoms with Crippen molar-refractivity contribution in [1.29, 1.82) is 0 Å². The number of ether oxygens (including phenoxy) is 1. The summed E-state index contributed by atoms with van der Waals surface area (Å²) in [7, 11) is 0. The number of aryl methyl sites for hydroxylation is 1. The number of hydrogen-bond donors (Lipinski definition) is 0. The van der Waals surface area contributed by atoms with Gasteiger partial charge in [0.05, 0.1) is 0 Å². The standard InChI is InChI=1S/C25H32O2/c1-3-5-6-7-8-25(26)27-24-15-13-20(14-16-24)22-12-11-21-17-19(4-2)9-10-23(21)18-22/h11-16,18-19H,3-10,17H2,1-2H3. The van der Waals surface area contributed by atoms with Crippen molar-refractivity contribution in [1.82, 2.24) is 0 Å². The van der Waals surface area contributed by atoms with Crippen LogP contribution in [0.15, 0.2) is 42.5 Å². The summed E-state index contributed by atoms with van der Waals surface area (Å²) in [5.41, 5.74) is 5.45. The Kier molecular flexibility index (Phi) is 7.09. The van der Waals surface area contributed by atoms with Gasteiger partial charge >= 0.3 is 5.97 Å². The fourth-order valence-electron chi connectivity index (χ4n) is 3.95. The van der Waals surface area contributed by atoms with Crippen LogP contribution in [0, 0.1) is 5.92 Å². The van der Waals surface area contributed by atoms with Gasteiger partial charge in [-0.05, 0) is 66.0 Å². The van der Waals surface area contributed by atoms with Gasteiger partial charge in [-0.2, -0.15) is 0 Å². The van der Waals surface area contributed by atoms with Crippen LogP contribution in [0.25, 0.3) is 11.1 Å². The van der Waals surface area contributed by atoms with E-state index in [0.29, 0.717) is 12.2 Å². The molecule has 1 aliphatic rings. The first-order valence-electron chi connectivity index (χ1n) is 10.6. The summed E-state index contributed by atoms with van der Waals surface area (Å²) in [5, 5.41) is 0. The summed E-state index contributed by atoms with van der Waals surface area (Å²) in [6.07, 6.45) is 9.88. The molecule has 0 saturated heterocycles. The van der Waals surface area contributed by atoms with E-state index in [1.807, 2.05) is 12.1 Å². The summed E-state index contributed by atoms with van der Waals surface area (Å²) >= 11 is 0. The number of hydrogen-bond acceptors (Lipinski definition) is 2. The predicted octanol–water partition coefficient (Wildman–Crippen LogP) is 6.74. The van der Waals surface area contributed by atoms with E-state index in [2.05, 4.69) is 44.2 Å². The smallest absolute Gasteiger partial charge is 0.311 e. The zero-order valence-electron chi connectivity index (χ0n) is 16.8. The van der Waals surface area contributed by atoms with Crippen LogP contribution in [0.1, 0.15) is 69.9 Å². The van der Waals surface area contributed by atoms with Crippen molar-refractivity contribution in [2.75, 3.05) is 0 Å². The first kappa shape index (κ1) is 19.7. The first-order valence-corrected chi connectivity index (χ1v) is 10.6. The average molecular weight is 365 g/mol. The van der Waals surface area contributed by atoms with Crippen LogP contribution in [0.5, 0.6) is 5.75 Å². The SMILES string of the molecule is CCCCCCC(=O)Oc1ccc(-c2ccc3c(c2)CCC(CC)C3)cc1. The molecule has 27 heavy (non-hydrogen) atoms. The molecule has 2 aromatic carbocycles. The van der Waals surface area contributed by atoms with Crippen LogP contribution in [0.3, 0.4) is 0 Å². The molecule has 0 amide bonds.